The van der Waals surface area contributed by atoms with Crippen LogP contribution < -0.4 is 15.6 Å². The summed E-state index contributed by atoms with van der Waals surface area (Å²) in [5.41, 5.74) is 1.01. The van der Waals surface area contributed by atoms with Gasteiger partial charge in [0.25, 0.3) is 5.56 Å². The molecule has 1 aromatic heterocycles. The van der Waals surface area contributed by atoms with Crippen molar-refractivity contribution in [1.82, 2.24) is 9.55 Å². The molecule has 0 unspecified atom stereocenters. The number of nitrogens with zero attached hydrogens (tertiary/aromatic N) is 2. The number of benzene rings is 1. The van der Waals surface area contributed by atoms with Crippen LogP contribution in [0.1, 0.15) is 37.3 Å². The van der Waals surface area contributed by atoms with Crippen LogP contribution in [-0.4, -0.2) is 27.3 Å². The van der Waals surface area contributed by atoms with Gasteiger partial charge in [-0.2, -0.15) is 4.98 Å². The number of carbonyl (C=O) groups excluding carboxylic acids is 1. The SMILES string of the molecule is C=CCSc1nc(=O)c2c(n1C)NC(=O)C[C@H]2c1ccccc1OC(C)C. The van der Waals surface area contributed by atoms with Gasteiger partial charge in [0.2, 0.25) is 5.91 Å². The lowest BCUT2D eigenvalue weighted by Gasteiger charge is -2.28. The number of amides is 1. The maximum absolute atomic E-state index is 12.9. The van der Waals surface area contributed by atoms with Gasteiger partial charge in [-0.25, -0.2) is 0 Å². The van der Waals surface area contributed by atoms with Crippen LogP contribution in [-0.2, 0) is 11.8 Å². The Hall–Kier alpha value is -2.54. The number of thioether (sulfide) groups is 1. The second-order valence-corrected chi connectivity index (χ2v) is 7.62. The molecule has 1 amide bonds. The third-order valence-electron chi connectivity index (χ3n) is 4.29. The maximum Gasteiger partial charge on any atom is 0.279 e. The molecule has 0 bridgehead atoms. The zero-order valence-electron chi connectivity index (χ0n) is 15.7. The van der Waals surface area contributed by atoms with E-state index in [2.05, 4.69) is 16.9 Å². The van der Waals surface area contributed by atoms with E-state index in [0.29, 0.717) is 28.0 Å². The lowest BCUT2D eigenvalue weighted by atomic mass is 9.86. The molecule has 1 N–H and O–H groups in total. The van der Waals surface area contributed by atoms with Crippen molar-refractivity contribution in [3.05, 3.63) is 58.4 Å². The van der Waals surface area contributed by atoms with Gasteiger partial charge in [0, 0.05) is 30.7 Å². The number of hydrogen-bond donors (Lipinski definition) is 1. The fourth-order valence-electron chi connectivity index (χ4n) is 3.19. The van der Waals surface area contributed by atoms with Crippen molar-refractivity contribution in [3.8, 4) is 5.75 Å². The fraction of sp³-hybridized carbons (Fsp3) is 0.350. The van der Waals surface area contributed by atoms with Gasteiger partial charge in [-0.05, 0) is 19.9 Å². The minimum atomic E-state index is -0.395. The standard InChI is InChI=1S/C20H23N3O3S/c1-5-10-27-20-22-19(25)17-14(11-16(24)21-18(17)23(20)4)13-8-6-7-9-15(13)26-12(2)3/h5-9,12,14H,1,10-11H2,2-4H3,(H,21,24)/t14-/m0/s1. The fourth-order valence-corrected chi connectivity index (χ4v) is 3.89. The highest BCUT2D eigenvalue weighted by atomic mass is 32.2. The Bertz CT molecular complexity index is 937. The third kappa shape index (κ3) is 3.93. The first-order valence-electron chi connectivity index (χ1n) is 8.82. The van der Waals surface area contributed by atoms with Gasteiger partial charge in [0.15, 0.2) is 5.16 Å². The van der Waals surface area contributed by atoms with Crippen LogP contribution in [0.25, 0.3) is 0 Å². The number of fused-ring (bicyclic) bond motifs is 1. The van der Waals surface area contributed by atoms with Crippen molar-refractivity contribution in [2.75, 3.05) is 11.1 Å². The van der Waals surface area contributed by atoms with Crippen LogP contribution in [0.15, 0.2) is 46.9 Å². The van der Waals surface area contributed by atoms with Crippen LogP contribution in [0.3, 0.4) is 0 Å². The number of ether oxygens (including phenoxy) is 1. The molecule has 1 aliphatic heterocycles. The van der Waals surface area contributed by atoms with E-state index in [1.165, 1.54) is 11.8 Å². The van der Waals surface area contributed by atoms with Crippen LogP contribution in [0.2, 0.25) is 0 Å². The Balaban J connectivity index is 2.15. The molecule has 1 aliphatic rings. The molecule has 1 atom stereocenters. The molecular weight excluding hydrogens is 362 g/mol. The lowest BCUT2D eigenvalue weighted by Crippen LogP contribution is -2.33. The Morgan fingerprint density at radius 2 is 2.15 bits per heavy atom. The molecule has 7 heteroatoms. The largest absolute Gasteiger partial charge is 0.491 e. The average molecular weight is 385 g/mol. The van der Waals surface area contributed by atoms with E-state index in [-0.39, 0.29) is 24.0 Å². The summed E-state index contributed by atoms with van der Waals surface area (Å²) in [5.74, 6) is 1.29. The molecule has 1 aromatic carbocycles. The smallest absolute Gasteiger partial charge is 0.279 e. The third-order valence-corrected chi connectivity index (χ3v) is 5.31. The highest BCUT2D eigenvalue weighted by Gasteiger charge is 2.33. The number of para-hydroxylation sites is 1. The Kier molecular flexibility index (Phi) is 5.70. The zero-order chi connectivity index (χ0) is 19.6. The number of aromatic nitrogens is 2. The topological polar surface area (TPSA) is 73.2 Å². The molecule has 0 aliphatic carbocycles. The molecule has 27 heavy (non-hydrogen) atoms. The number of nitrogens with one attached hydrogen (secondary N) is 1. The summed E-state index contributed by atoms with van der Waals surface area (Å²) in [4.78, 5) is 29.5. The van der Waals surface area contributed by atoms with Crippen molar-refractivity contribution in [2.45, 2.75) is 37.4 Å². The van der Waals surface area contributed by atoms with Crippen molar-refractivity contribution < 1.29 is 9.53 Å². The minimum absolute atomic E-state index is 0.0123. The van der Waals surface area contributed by atoms with Crippen LogP contribution in [0, 0.1) is 0 Å². The molecular formula is C20H23N3O3S. The lowest BCUT2D eigenvalue weighted by molar-refractivity contribution is -0.116. The first kappa shape index (κ1) is 19.2. The predicted molar refractivity (Wildman–Crippen MR) is 108 cm³/mol. The second-order valence-electron chi connectivity index (χ2n) is 6.63. The Morgan fingerprint density at radius 3 is 2.85 bits per heavy atom. The molecule has 142 valence electrons. The van der Waals surface area contributed by atoms with Crippen LogP contribution in [0.4, 0.5) is 5.82 Å². The number of carbonyl (C=O) groups is 1. The minimum Gasteiger partial charge on any atom is -0.491 e. The normalized spacial score (nSPS) is 16.0. The van der Waals surface area contributed by atoms with Crippen molar-refractivity contribution in [1.29, 1.82) is 0 Å². The summed E-state index contributed by atoms with van der Waals surface area (Å²) in [6.07, 6.45) is 1.92. The van der Waals surface area contributed by atoms with Crippen molar-refractivity contribution in [2.24, 2.45) is 7.05 Å². The van der Waals surface area contributed by atoms with Gasteiger partial charge in [-0.15, -0.1) is 6.58 Å². The number of anilines is 1. The van der Waals surface area contributed by atoms with E-state index in [4.69, 9.17) is 4.74 Å². The average Bonchev–Trinajstić information content (AvgIpc) is 2.62. The molecule has 2 heterocycles. The maximum atomic E-state index is 12.9. The van der Waals surface area contributed by atoms with Crippen molar-refractivity contribution >= 4 is 23.5 Å². The van der Waals surface area contributed by atoms with Crippen molar-refractivity contribution in [3.63, 3.8) is 0 Å². The zero-order valence-corrected chi connectivity index (χ0v) is 16.5. The summed E-state index contributed by atoms with van der Waals surface area (Å²) in [5, 5.41) is 3.40. The van der Waals surface area contributed by atoms with E-state index in [1.807, 2.05) is 38.1 Å². The summed E-state index contributed by atoms with van der Waals surface area (Å²) < 4.78 is 7.68. The van der Waals surface area contributed by atoms with Gasteiger partial charge in [-0.1, -0.05) is 36.0 Å². The van der Waals surface area contributed by atoms with E-state index >= 15 is 0 Å². The van der Waals surface area contributed by atoms with Gasteiger partial charge >= 0.3 is 0 Å². The molecule has 0 saturated carbocycles. The Morgan fingerprint density at radius 1 is 1.41 bits per heavy atom. The van der Waals surface area contributed by atoms with E-state index in [1.54, 1.807) is 17.7 Å². The quantitative estimate of drug-likeness (QED) is 0.469. The molecule has 0 radical (unpaired) electrons. The van der Waals surface area contributed by atoms with E-state index < -0.39 is 5.92 Å². The van der Waals surface area contributed by atoms with Gasteiger partial charge in [-0.3, -0.25) is 9.59 Å². The Labute approximate surface area is 162 Å². The summed E-state index contributed by atoms with van der Waals surface area (Å²) in [7, 11) is 1.80. The number of hydrogen-bond acceptors (Lipinski definition) is 5. The van der Waals surface area contributed by atoms with E-state index in [9.17, 15) is 9.59 Å². The monoisotopic (exact) mass is 385 g/mol. The second kappa shape index (κ2) is 8.00. The molecule has 0 saturated heterocycles. The van der Waals surface area contributed by atoms with Gasteiger partial charge in [0.1, 0.15) is 11.6 Å². The summed E-state index contributed by atoms with van der Waals surface area (Å²) >= 11 is 1.40. The number of rotatable bonds is 6. The molecule has 6 nitrogen and oxygen atoms in total. The molecule has 0 fully saturated rings. The molecule has 3 rings (SSSR count). The first-order valence-corrected chi connectivity index (χ1v) is 9.81. The summed E-state index contributed by atoms with van der Waals surface area (Å²) in [6, 6.07) is 7.55. The van der Waals surface area contributed by atoms with Gasteiger partial charge < -0.3 is 14.6 Å². The van der Waals surface area contributed by atoms with Crippen LogP contribution >= 0.6 is 11.8 Å². The highest BCUT2D eigenvalue weighted by molar-refractivity contribution is 7.99. The predicted octanol–water partition coefficient (Wildman–Crippen LogP) is 3.32. The first-order chi connectivity index (χ1) is 12.9. The summed E-state index contributed by atoms with van der Waals surface area (Å²) in [6.45, 7) is 7.59. The highest BCUT2D eigenvalue weighted by Crippen LogP contribution is 2.39. The molecule has 2 aromatic rings. The van der Waals surface area contributed by atoms with Crippen LogP contribution in [0.5, 0.6) is 5.75 Å². The van der Waals surface area contributed by atoms with Gasteiger partial charge in [0.05, 0.1) is 11.7 Å². The van der Waals surface area contributed by atoms with E-state index in [0.717, 1.165) is 5.56 Å². The molecule has 0 spiro atoms.